The zero-order chi connectivity index (χ0) is 13.1. The number of rotatable bonds is 5. The van der Waals surface area contributed by atoms with E-state index in [0.717, 1.165) is 18.2 Å². The molecule has 0 aromatic carbocycles. The highest BCUT2D eigenvalue weighted by Crippen LogP contribution is 2.32. The summed E-state index contributed by atoms with van der Waals surface area (Å²) in [4.78, 5) is 8.22. The third-order valence-electron chi connectivity index (χ3n) is 2.49. The lowest BCUT2D eigenvalue weighted by molar-refractivity contribution is 0.559. The molecule has 0 aliphatic rings. The summed E-state index contributed by atoms with van der Waals surface area (Å²) < 4.78 is 0. The van der Waals surface area contributed by atoms with Crippen LogP contribution in [-0.2, 0) is 12.0 Å². The zero-order valence-electron chi connectivity index (χ0n) is 11.9. The van der Waals surface area contributed by atoms with Gasteiger partial charge in [-0.15, -0.1) is 11.3 Å². The van der Waals surface area contributed by atoms with E-state index in [2.05, 4.69) is 52.0 Å². The van der Waals surface area contributed by atoms with Crippen LogP contribution < -0.4 is 10.2 Å². The Kier molecular flexibility index (Phi) is 4.95. The van der Waals surface area contributed by atoms with Crippen molar-refractivity contribution in [2.45, 2.75) is 46.1 Å². The van der Waals surface area contributed by atoms with Crippen LogP contribution in [0.4, 0.5) is 5.13 Å². The summed E-state index contributed by atoms with van der Waals surface area (Å²) in [6, 6.07) is 0. The first-order valence-electron chi connectivity index (χ1n) is 6.24. The first kappa shape index (κ1) is 14.5. The largest absolute Gasteiger partial charge is 0.354 e. The van der Waals surface area contributed by atoms with Gasteiger partial charge in [-0.25, -0.2) is 4.98 Å². The van der Waals surface area contributed by atoms with Gasteiger partial charge in [0.1, 0.15) is 0 Å². The molecule has 1 aromatic heterocycles. The van der Waals surface area contributed by atoms with E-state index in [4.69, 9.17) is 4.98 Å². The molecule has 1 N–H and O–H groups in total. The minimum atomic E-state index is 0.119. The van der Waals surface area contributed by atoms with Crippen molar-refractivity contribution < 1.29 is 0 Å². The van der Waals surface area contributed by atoms with E-state index in [1.807, 2.05) is 0 Å². The van der Waals surface area contributed by atoms with Gasteiger partial charge in [-0.05, 0) is 13.0 Å². The lowest BCUT2D eigenvalue weighted by Gasteiger charge is -2.17. The smallest absolute Gasteiger partial charge is 0.185 e. The van der Waals surface area contributed by atoms with E-state index in [0.29, 0.717) is 0 Å². The Morgan fingerprint density at radius 2 is 1.94 bits per heavy atom. The number of anilines is 1. The molecule has 1 aromatic rings. The molecular weight excluding hydrogens is 230 g/mol. The number of nitrogens with zero attached hydrogens (tertiary/aromatic N) is 2. The van der Waals surface area contributed by atoms with Gasteiger partial charge >= 0.3 is 0 Å². The van der Waals surface area contributed by atoms with Crippen LogP contribution in [0.1, 0.15) is 44.7 Å². The van der Waals surface area contributed by atoms with Crippen LogP contribution in [-0.4, -0.2) is 25.6 Å². The quantitative estimate of drug-likeness (QED) is 0.820. The van der Waals surface area contributed by atoms with Crippen molar-refractivity contribution in [3.63, 3.8) is 0 Å². The van der Waals surface area contributed by atoms with Gasteiger partial charge in [0.2, 0.25) is 0 Å². The van der Waals surface area contributed by atoms with Crippen LogP contribution in [0.15, 0.2) is 0 Å². The van der Waals surface area contributed by atoms with Crippen molar-refractivity contribution in [3.8, 4) is 0 Å². The third kappa shape index (κ3) is 3.96. The van der Waals surface area contributed by atoms with Gasteiger partial charge in [-0.2, -0.15) is 0 Å². The molecule has 0 radical (unpaired) electrons. The van der Waals surface area contributed by atoms with Crippen molar-refractivity contribution in [3.05, 3.63) is 10.6 Å². The fraction of sp³-hybridized carbons (Fsp3) is 0.769. The summed E-state index contributed by atoms with van der Waals surface area (Å²) in [7, 11) is 4.10. The predicted octanol–water partition coefficient (Wildman–Crippen LogP) is 3.01. The molecule has 0 saturated heterocycles. The minimum absolute atomic E-state index is 0.119. The summed E-state index contributed by atoms with van der Waals surface area (Å²) in [5, 5.41) is 4.57. The van der Waals surface area contributed by atoms with Gasteiger partial charge in [-0.3, -0.25) is 0 Å². The molecule has 1 heterocycles. The number of hydrogen-bond acceptors (Lipinski definition) is 4. The Morgan fingerprint density at radius 3 is 2.41 bits per heavy atom. The summed E-state index contributed by atoms with van der Waals surface area (Å²) in [5.74, 6) is 0. The number of hydrogen-bond donors (Lipinski definition) is 1. The fourth-order valence-electron chi connectivity index (χ4n) is 1.62. The molecule has 0 unspecified atom stereocenters. The Balaban J connectivity index is 2.92. The summed E-state index contributed by atoms with van der Waals surface area (Å²) in [6.07, 6.45) is 1.17. The summed E-state index contributed by atoms with van der Waals surface area (Å²) in [5.41, 5.74) is 1.35. The Labute approximate surface area is 109 Å². The second-order valence-electron chi connectivity index (χ2n) is 5.59. The van der Waals surface area contributed by atoms with Crippen molar-refractivity contribution in [2.24, 2.45) is 0 Å². The van der Waals surface area contributed by atoms with Gasteiger partial charge in [0, 0.05) is 30.9 Å². The second-order valence-corrected chi connectivity index (χ2v) is 6.65. The van der Waals surface area contributed by atoms with E-state index in [1.54, 1.807) is 11.3 Å². The van der Waals surface area contributed by atoms with Crippen molar-refractivity contribution in [2.75, 3.05) is 25.5 Å². The number of thiazole rings is 1. The highest BCUT2D eigenvalue weighted by Gasteiger charge is 2.23. The maximum Gasteiger partial charge on any atom is 0.185 e. The molecular formula is C13H25N3S. The highest BCUT2D eigenvalue weighted by atomic mass is 32.1. The standard InChI is InChI=1S/C13H25N3S/c1-7-8-14-9-10-11(13(2,3)4)15-12(17-10)16(5)6/h14H,7-9H2,1-6H3. The first-order chi connectivity index (χ1) is 7.86. The van der Waals surface area contributed by atoms with Crippen LogP contribution >= 0.6 is 11.3 Å². The van der Waals surface area contributed by atoms with Crippen LogP contribution in [0.5, 0.6) is 0 Å². The van der Waals surface area contributed by atoms with Gasteiger partial charge in [0.25, 0.3) is 0 Å². The van der Waals surface area contributed by atoms with E-state index < -0.39 is 0 Å². The zero-order valence-corrected chi connectivity index (χ0v) is 12.7. The predicted molar refractivity (Wildman–Crippen MR) is 77.1 cm³/mol. The molecule has 0 amide bonds. The van der Waals surface area contributed by atoms with Crippen molar-refractivity contribution in [1.82, 2.24) is 10.3 Å². The average molecular weight is 255 g/mol. The normalized spacial score (nSPS) is 11.9. The molecule has 4 heteroatoms. The fourth-order valence-corrected chi connectivity index (χ4v) is 2.78. The van der Waals surface area contributed by atoms with Crippen LogP contribution in [0, 0.1) is 0 Å². The molecule has 0 aliphatic carbocycles. The number of aromatic nitrogens is 1. The van der Waals surface area contributed by atoms with Crippen molar-refractivity contribution >= 4 is 16.5 Å². The van der Waals surface area contributed by atoms with E-state index >= 15 is 0 Å². The lowest BCUT2D eigenvalue weighted by atomic mass is 9.91. The van der Waals surface area contributed by atoms with E-state index in [-0.39, 0.29) is 5.41 Å². The van der Waals surface area contributed by atoms with Crippen LogP contribution in [0.3, 0.4) is 0 Å². The number of nitrogens with one attached hydrogen (secondary N) is 1. The van der Waals surface area contributed by atoms with Crippen LogP contribution in [0.2, 0.25) is 0 Å². The second kappa shape index (κ2) is 5.83. The monoisotopic (exact) mass is 255 g/mol. The van der Waals surface area contributed by atoms with Gasteiger partial charge < -0.3 is 10.2 Å². The topological polar surface area (TPSA) is 28.2 Å². The van der Waals surface area contributed by atoms with Crippen molar-refractivity contribution in [1.29, 1.82) is 0 Å². The molecule has 0 fully saturated rings. The first-order valence-corrected chi connectivity index (χ1v) is 7.06. The Bertz CT molecular complexity index is 350. The highest BCUT2D eigenvalue weighted by molar-refractivity contribution is 7.15. The summed E-state index contributed by atoms with van der Waals surface area (Å²) >= 11 is 1.80. The molecule has 3 nitrogen and oxygen atoms in total. The molecule has 0 bridgehead atoms. The van der Waals surface area contributed by atoms with E-state index in [1.165, 1.54) is 17.0 Å². The molecule has 17 heavy (non-hydrogen) atoms. The molecule has 1 rings (SSSR count). The van der Waals surface area contributed by atoms with Gasteiger partial charge in [0.05, 0.1) is 5.69 Å². The maximum absolute atomic E-state index is 4.76. The Morgan fingerprint density at radius 1 is 1.29 bits per heavy atom. The van der Waals surface area contributed by atoms with E-state index in [9.17, 15) is 0 Å². The third-order valence-corrected chi connectivity index (χ3v) is 3.71. The molecule has 0 saturated carbocycles. The molecule has 98 valence electrons. The maximum atomic E-state index is 4.76. The molecule has 0 spiro atoms. The summed E-state index contributed by atoms with van der Waals surface area (Å²) in [6.45, 7) is 10.9. The Hall–Kier alpha value is -0.610. The van der Waals surface area contributed by atoms with Gasteiger partial charge in [-0.1, -0.05) is 27.7 Å². The average Bonchev–Trinajstić information content (AvgIpc) is 2.62. The molecule has 0 aliphatic heterocycles. The minimum Gasteiger partial charge on any atom is -0.354 e. The molecule has 0 atom stereocenters. The lowest BCUT2D eigenvalue weighted by Crippen LogP contribution is -2.19. The van der Waals surface area contributed by atoms with Crippen LogP contribution in [0.25, 0.3) is 0 Å². The SMILES string of the molecule is CCCNCc1sc(N(C)C)nc1C(C)(C)C. The van der Waals surface area contributed by atoms with Gasteiger partial charge in [0.15, 0.2) is 5.13 Å².